The molecule has 0 saturated heterocycles. The molecule has 0 bridgehead atoms. The van der Waals surface area contributed by atoms with Crippen LogP contribution in [0.1, 0.15) is 358 Å². The molecule has 0 aromatic heterocycles. The van der Waals surface area contributed by atoms with Gasteiger partial charge in [0.25, 0.3) is 0 Å². The van der Waals surface area contributed by atoms with Gasteiger partial charge in [0, 0.05) is 88.6 Å². The maximum atomic E-state index is 7.12. The first-order valence-corrected chi connectivity index (χ1v) is 45.0. The molecule has 0 radical (unpaired) electrons. The Kier molecular flexibility index (Phi) is 66.7. The fourth-order valence-corrected chi connectivity index (χ4v) is 21.9. The minimum absolute atomic E-state index is 0.395. The van der Waals surface area contributed by atoms with E-state index in [-0.39, 0.29) is 0 Å². The van der Waals surface area contributed by atoms with Gasteiger partial charge in [-0.1, -0.05) is 296 Å². The van der Waals surface area contributed by atoms with E-state index < -0.39 is 26.4 Å². The highest BCUT2D eigenvalue weighted by Crippen LogP contribution is 2.38. The summed E-state index contributed by atoms with van der Waals surface area (Å²) in [7, 11) is -4.69. The Balaban J connectivity index is 7.06. The molecule has 9 nitrogen and oxygen atoms in total. The van der Waals surface area contributed by atoms with E-state index in [1.54, 1.807) is 0 Å². The highest BCUT2D eigenvalue weighted by atomic mass is 33.1. The van der Waals surface area contributed by atoms with Crippen LogP contribution in [0.5, 0.6) is 0 Å². The van der Waals surface area contributed by atoms with Gasteiger partial charge < -0.3 is 39.8 Å². The Morgan fingerprint density at radius 2 is 0.422 bits per heavy atom. The monoisotopic (exact) mass is 1270 g/mol. The second-order valence-corrected chi connectivity index (χ2v) is 35.4. The van der Waals surface area contributed by atoms with Gasteiger partial charge in [0.1, 0.15) is 0 Å². The van der Waals surface area contributed by atoms with Crippen molar-refractivity contribution in [2.24, 2.45) is 0 Å². The molecule has 1 atom stereocenters. The second-order valence-electron chi connectivity index (χ2n) is 24.4. The van der Waals surface area contributed by atoms with E-state index >= 15 is 0 Å². The molecule has 0 rings (SSSR count). The molecule has 0 aliphatic rings. The predicted molar refractivity (Wildman–Crippen MR) is 373 cm³/mol. The molecule has 0 aliphatic heterocycles. The van der Waals surface area contributed by atoms with Crippen LogP contribution >= 0.6 is 21.6 Å². The van der Waals surface area contributed by atoms with E-state index in [1.165, 1.54) is 212 Å². The molecule has 0 aliphatic carbocycles. The van der Waals surface area contributed by atoms with Crippen LogP contribution in [-0.4, -0.2) is 96.9 Å². The molecule has 83 heavy (non-hydrogen) atoms. The fraction of sp³-hybridized carbons (Fsp3) is 1.00. The van der Waals surface area contributed by atoms with Crippen molar-refractivity contribution >= 4 is 48.0 Å². The van der Waals surface area contributed by atoms with Crippen molar-refractivity contribution in [3.05, 3.63) is 0 Å². The summed E-state index contributed by atoms with van der Waals surface area (Å²) in [6.45, 7) is 27.3. The first-order chi connectivity index (χ1) is 40.8. The summed E-state index contributed by atoms with van der Waals surface area (Å²) in [4.78, 5) is 0. The van der Waals surface area contributed by atoms with E-state index in [0.717, 1.165) is 167 Å². The normalized spacial score (nSPS) is 12.8. The highest BCUT2D eigenvalue weighted by molar-refractivity contribution is 8.76. The van der Waals surface area contributed by atoms with Crippen LogP contribution < -0.4 is 0 Å². The topological polar surface area (TPSA) is 83.1 Å². The standard InChI is InChI=1S/C69H146O9S2Si3/c1-10-19-28-37-40-49-62-70-81(71-63-50-41-38-29-20-11-2,72-64-51-42-39-30-21-12-3)66-52-54-69(55-68-83(76-59-46-34-25-16-7,77-60-47-35-26-17-8)78-61-48-36-27-18-9)80-79-65-53-67-82(73-56-43-31-22-13-4,74-57-44-32-23-14-5)75-58-45-33-24-15-6/h69H,10-68H2,1-9H3. The molecule has 0 N–H and O–H groups in total. The number of hydrogen-bond donors (Lipinski definition) is 0. The van der Waals surface area contributed by atoms with Gasteiger partial charge in [-0.25, -0.2) is 0 Å². The van der Waals surface area contributed by atoms with Crippen molar-refractivity contribution in [3.8, 4) is 0 Å². The van der Waals surface area contributed by atoms with Gasteiger partial charge in [0.05, 0.1) is 0 Å². The van der Waals surface area contributed by atoms with Gasteiger partial charge in [-0.05, 0) is 83.5 Å². The van der Waals surface area contributed by atoms with Crippen molar-refractivity contribution in [2.75, 3.05) is 65.2 Å². The summed E-state index contributed by atoms with van der Waals surface area (Å²) in [6.07, 6.45) is 55.0. The summed E-state index contributed by atoms with van der Waals surface area (Å²) in [6, 6.07) is 2.63. The maximum Gasteiger partial charge on any atom is 0.500 e. The summed E-state index contributed by atoms with van der Waals surface area (Å²) in [5.74, 6) is 1.04. The molecule has 1 unspecified atom stereocenters. The van der Waals surface area contributed by atoms with Crippen molar-refractivity contribution in [1.82, 2.24) is 0 Å². The van der Waals surface area contributed by atoms with Crippen molar-refractivity contribution in [3.63, 3.8) is 0 Å². The summed E-state index contributed by atoms with van der Waals surface area (Å²) >= 11 is 0. The third kappa shape index (κ3) is 53.4. The predicted octanol–water partition coefficient (Wildman–Crippen LogP) is 23.8. The molecule has 0 amide bonds. The minimum atomic E-state index is -2.99. The summed E-state index contributed by atoms with van der Waals surface area (Å²) in [5.41, 5.74) is 0. The van der Waals surface area contributed by atoms with Gasteiger partial charge >= 0.3 is 26.4 Å². The minimum Gasteiger partial charge on any atom is -0.373 e. The molecular weight excluding hydrogens is 1120 g/mol. The Bertz CT molecular complexity index is 1130. The lowest BCUT2D eigenvalue weighted by molar-refractivity contribution is 0.0532. The largest absolute Gasteiger partial charge is 0.500 e. The third-order valence-electron chi connectivity index (χ3n) is 16.1. The summed E-state index contributed by atoms with van der Waals surface area (Å²) < 4.78 is 63.4. The van der Waals surface area contributed by atoms with Crippen molar-refractivity contribution in [1.29, 1.82) is 0 Å². The zero-order valence-corrected chi connectivity index (χ0v) is 61.9. The van der Waals surface area contributed by atoms with Crippen LogP contribution in [0.2, 0.25) is 18.1 Å². The molecule has 500 valence electrons. The molecule has 0 aromatic rings. The molecule has 0 saturated carbocycles. The first kappa shape index (κ1) is 84.0. The van der Waals surface area contributed by atoms with E-state index in [9.17, 15) is 0 Å². The lowest BCUT2D eigenvalue weighted by Crippen LogP contribution is -2.47. The van der Waals surface area contributed by atoms with Crippen LogP contribution in [0.3, 0.4) is 0 Å². The molecule has 0 fully saturated rings. The van der Waals surface area contributed by atoms with Crippen molar-refractivity contribution < 1.29 is 39.8 Å². The summed E-state index contributed by atoms with van der Waals surface area (Å²) in [5, 5.41) is 0.395. The SMILES string of the molecule is CCCCCCCCO[Si](CCCC(CC[Si](OCCCCCC)(OCCCCCC)OCCCCCC)SSCCC[Si](OCCCCCC)(OCCCCCC)OCCCCCC)(OCCCCCCCC)OCCCCCCCC. The Hall–Kier alpha value is 0.991. The van der Waals surface area contributed by atoms with E-state index in [0.29, 0.717) is 5.25 Å². The Labute approximate surface area is 530 Å². The zero-order valence-electron chi connectivity index (χ0n) is 57.3. The van der Waals surface area contributed by atoms with Gasteiger partial charge in [-0.15, -0.1) is 0 Å². The maximum absolute atomic E-state index is 7.12. The van der Waals surface area contributed by atoms with E-state index in [4.69, 9.17) is 39.8 Å². The van der Waals surface area contributed by atoms with Gasteiger partial charge in [-0.2, -0.15) is 0 Å². The number of rotatable bonds is 73. The zero-order chi connectivity index (χ0) is 60.6. The lowest BCUT2D eigenvalue weighted by atomic mass is 10.1. The Morgan fingerprint density at radius 3 is 0.675 bits per heavy atom. The van der Waals surface area contributed by atoms with Gasteiger partial charge in [0.2, 0.25) is 0 Å². The third-order valence-corrected chi connectivity index (χ3v) is 27.8. The van der Waals surface area contributed by atoms with Crippen molar-refractivity contribution in [2.45, 2.75) is 381 Å². The highest BCUT2D eigenvalue weighted by Gasteiger charge is 2.44. The average Bonchev–Trinajstić information content (AvgIpc) is 3.67. The van der Waals surface area contributed by atoms with Gasteiger partial charge in [0.15, 0.2) is 0 Å². The van der Waals surface area contributed by atoms with Crippen LogP contribution in [0, 0.1) is 0 Å². The van der Waals surface area contributed by atoms with Crippen LogP contribution in [0.25, 0.3) is 0 Å². The Morgan fingerprint density at radius 1 is 0.217 bits per heavy atom. The van der Waals surface area contributed by atoms with E-state index in [1.807, 2.05) is 0 Å². The van der Waals surface area contributed by atoms with Crippen LogP contribution in [0.4, 0.5) is 0 Å². The fourth-order valence-electron chi connectivity index (χ4n) is 10.5. The number of hydrogen-bond acceptors (Lipinski definition) is 11. The van der Waals surface area contributed by atoms with E-state index in [2.05, 4.69) is 83.9 Å². The van der Waals surface area contributed by atoms with Gasteiger partial charge in [-0.3, -0.25) is 0 Å². The molecule has 14 heteroatoms. The van der Waals surface area contributed by atoms with Crippen LogP contribution in [-0.2, 0) is 39.8 Å². The smallest absolute Gasteiger partial charge is 0.373 e. The first-order valence-electron chi connectivity index (χ1n) is 36.9. The quantitative estimate of drug-likeness (QED) is 0.0332. The molecule has 0 heterocycles. The molecular formula is C69H146O9S2Si3. The second kappa shape index (κ2) is 65.9. The molecule has 0 aromatic carbocycles. The van der Waals surface area contributed by atoms with Crippen LogP contribution in [0.15, 0.2) is 0 Å². The molecule has 0 spiro atoms. The number of unbranched alkanes of at least 4 members (excludes halogenated alkanes) is 33. The lowest BCUT2D eigenvalue weighted by Gasteiger charge is -2.32. The average molecular weight is 1270 g/mol.